The van der Waals surface area contributed by atoms with E-state index in [1.165, 1.54) is 4.88 Å². The van der Waals surface area contributed by atoms with Gasteiger partial charge in [-0.05, 0) is 31.9 Å². The topological polar surface area (TPSA) is 33.1 Å². The number of nitrogens with zero attached hydrogens (tertiary/aromatic N) is 1. The summed E-state index contributed by atoms with van der Waals surface area (Å²) in [5.74, 6) is 0. The normalized spacial score (nSPS) is 16.8. The molecule has 0 amide bonds. The van der Waals surface area contributed by atoms with Crippen molar-refractivity contribution in [3.63, 3.8) is 0 Å². The van der Waals surface area contributed by atoms with Crippen molar-refractivity contribution < 1.29 is 5.11 Å². The van der Waals surface area contributed by atoms with Gasteiger partial charge in [-0.3, -0.25) is 0 Å². The van der Waals surface area contributed by atoms with Crippen LogP contribution in [0.5, 0.6) is 0 Å². The minimum Gasteiger partial charge on any atom is -0.395 e. The fourth-order valence-electron chi connectivity index (χ4n) is 2.21. The fourth-order valence-corrected chi connectivity index (χ4v) is 3.78. The third-order valence-electron chi connectivity index (χ3n) is 3.53. The molecule has 1 aromatic carbocycles. The average Bonchev–Trinajstić information content (AvgIpc) is 3.08. The number of hydrogen-bond acceptors (Lipinski definition) is 3. The number of rotatable bonds is 3. The van der Waals surface area contributed by atoms with E-state index in [1.807, 2.05) is 19.1 Å². The van der Waals surface area contributed by atoms with Gasteiger partial charge in [-0.1, -0.05) is 28.1 Å². The van der Waals surface area contributed by atoms with Crippen molar-refractivity contribution in [3.05, 3.63) is 39.3 Å². The van der Waals surface area contributed by atoms with E-state index in [-0.39, 0.29) is 12.0 Å². The summed E-state index contributed by atoms with van der Waals surface area (Å²) < 4.78 is 1.08. The van der Waals surface area contributed by atoms with E-state index in [2.05, 4.69) is 33.0 Å². The van der Waals surface area contributed by atoms with E-state index >= 15 is 0 Å². The average molecular weight is 324 g/mol. The monoisotopic (exact) mass is 323 g/mol. The van der Waals surface area contributed by atoms with Crippen molar-refractivity contribution in [2.75, 3.05) is 6.61 Å². The Bertz CT molecular complexity index is 572. The van der Waals surface area contributed by atoms with Gasteiger partial charge in [-0.2, -0.15) is 0 Å². The molecule has 0 bridgehead atoms. The van der Waals surface area contributed by atoms with Crippen molar-refractivity contribution in [2.45, 2.75) is 25.2 Å². The van der Waals surface area contributed by atoms with E-state index in [1.54, 1.807) is 11.3 Å². The van der Waals surface area contributed by atoms with Crippen LogP contribution in [0.2, 0.25) is 0 Å². The first-order valence-corrected chi connectivity index (χ1v) is 7.60. The summed E-state index contributed by atoms with van der Waals surface area (Å²) in [7, 11) is 0. The summed E-state index contributed by atoms with van der Waals surface area (Å²) in [6.07, 6.45) is 2.18. The van der Waals surface area contributed by atoms with Crippen molar-refractivity contribution in [3.8, 4) is 10.6 Å². The highest BCUT2D eigenvalue weighted by molar-refractivity contribution is 9.10. The molecule has 0 radical (unpaired) electrons. The number of aliphatic hydroxyl groups excluding tert-OH is 1. The number of hydrogen-bond donors (Lipinski definition) is 1. The summed E-state index contributed by atoms with van der Waals surface area (Å²) in [6, 6.07) is 8.21. The molecule has 1 heterocycles. The van der Waals surface area contributed by atoms with Gasteiger partial charge in [0.15, 0.2) is 0 Å². The van der Waals surface area contributed by atoms with Crippen LogP contribution in [-0.2, 0) is 5.41 Å². The quantitative estimate of drug-likeness (QED) is 0.929. The Morgan fingerprint density at radius 3 is 2.56 bits per heavy atom. The fraction of sp³-hybridized carbons (Fsp3) is 0.357. The maximum absolute atomic E-state index is 9.52. The Hall–Kier alpha value is -0.710. The van der Waals surface area contributed by atoms with Gasteiger partial charge in [0, 0.05) is 20.3 Å². The Balaban J connectivity index is 2.00. The molecule has 2 nitrogen and oxygen atoms in total. The molecule has 1 aliphatic carbocycles. The number of benzene rings is 1. The van der Waals surface area contributed by atoms with E-state index in [9.17, 15) is 5.11 Å². The van der Waals surface area contributed by atoms with E-state index < -0.39 is 0 Å². The Labute approximate surface area is 119 Å². The maximum atomic E-state index is 9.52. The van der Waals surface area contributed by atoms with E-state index in [0.29, 0.717) is 0 Å². The lowest BCUT2D eigenvalue weighted by Gasteiger charge is -2.08. The number of aliphatic hydroxyl groups is 1. The summed E-state index contributed by atoms with van der Waals surface area (Å²) >= 11 is 5.17. The molecule has 1 aromatic heterocycles. The van der Waals surface area contributed by atoms with Gasteiger partial charge < -0.3 is 5.11 Å². The molecular weight excluding hydrogens is 310 g/mol. The molecular formula is C14H14BrNOS. The second-order valence-corrected chi connectivity index (χ2v) is 6.79. The standard InChI is InChI=1S/C14H14BrNOS/c1-9-12(14(8-17)6-7-14)18-13(16-9)10-2-4-11(15)5-3-10/h2-5,17H,6-8H2,1H3. The summed E-state index contributed by atoms with van der Waals surface area (Å²) in [4.78, 5) is 5.92. The SMILES string of the molecule is Cc1nc(-c2ccc(Br)cc2)sc1C1(CO)CC1. The van der Waals surface area contributed by atoms with Crippen molar-refractivity contribution in [1.82, 2.24) is 4.98 Å². The first-order valence-electron chi connectivity index (χ1n) is 5.99. The van der Waals surface area contributed by atoms with E-state index in [0.717, 1.165) is 33.6 Å². The number of aromatic nitrogens is 1. The summed E-state index contributed by atoms with van der Waals surface area (Å²) in [6.45, 7) is 2.29. The first-order chi connectivity index (χ1) is 8.64. The zero-order valence-electron chi connectivity index (χ0n) is 10.1. The van der Waals surface area contributed by atoms with Crippen LogP contribution in [0.1, 0.15) is 23.4 Å². The molecule has 1 fully saturated rings. The minimum absolute atomic E-state index is 0.0232. The van der Waals surface area contributed by atoms with Gasteiger partial charge in [-0.25, -0.2) is 4.98 Å². The third-order valence-corrected chi connectivity index (χ3v) is 5.51. The van der Waals surface area contributed by atoms with E-state index in [4.69, 9.17) is 0 Å². The molecule has 0 unspecified atom stereocenters. The lowest BCUT2D eigenvalue weighted by molar-refractivity contribution is 0.256. The lowest BCUT2D eigenvalue weighted by Crippen LogP contribution is -2.11. The summed E-state index contributed by atoms with van der Waals surface area (Å²) in [5.41, 5.74) is 2.24. The predicted molar refractivity (Wildman–Crippen MR) is 78.0 cm³/mol. The number of thiazole rings is 1. The molecule has 3 rings (SSSR count). The minimum atomic E-state index is 0.0232. The van der Waals surface area contributed by atoms with Crippen LogP contribution in [0.3, 0.4) is 0 Å². The van der Waals surface area contributed by atoms with Crippen LogP contribution in [-0.4, -0.2) is 16.7 Å². The van der Waals surface area contributed by atoms with Gasteiger partial charge in [0.1, 0.15) is 5.01 Å². The molecule has 94 valence electrons. The molecule has 0 atom stereocenters. The van der Waals surface area contributed by atoms with Crippen molar-refractivity contribution in [1.29, 1.82) is 0 Å². The molecule has 0 saturated heterocycles. The lowest BCUT2D eigenvalue weighted by atomic mass is 10.1. The van der Waals surface area contributed by atoms with Crippen molar-refractivity contribution in [2.24, 2.45) is 0 Å². The molecule has 0 aliphatic heterocycles. The first kappa shape index (κ1) is 12.3. The second-order valence-electron chi connectivity index (χ2n) is 4.88. The largest absolute Gasteiger partial charge is 0.395 e. The van der Waals surface area contributed by atoms with Crippen LogP contribution in [0.4, 0.5) is 0 Å². The van der Waals surface area contributed by atoms with Crippen LogP contribution in [0, 0.1) is 6.92 Å². The smallest absolute Gasteiger partial charge is 0.123 e. The van der Waals surface area contributed by atoms with Crippen molar-refractivity contribution >= 4 is 27.3 Å². The molecule has 1 saturated carbocycles. The highest BCUT2D eigenvalue weighted by atomic mass is 79.9. The van der Waals surface area contributed by atoms with Gasteiger partial charge in [0.25, 0.3) is 0 Å². The molecule has 2 aromatic rings. The highest BCUT2D eigenvalue weighted by Gasteiger charge is 2.46. The van der Waals surface area contributed by atoms with Gasteiger partial charge in [-0.15, -0.1) is 11.3 Å². The molecule has 1 aliphatic rings. The van der Waals surface area contributed by atoms with Crippen LogP contribution >= 0.6 is 27.3 Å². The third kappa shape index (κ3) is 2.02. The van der Waals surface area contributed by atoms with Gasteiger partial charge in [0.05, 0.1) is 12.3 Å². The maximum Gasteiger partial charge on any atom is 0.123 e. The van der Waals surface area contributed by atoms with Crippen LogP contribution in [0.15, 0.2) is 28.7 Å². The Morgan fingerprint density at radius 1 is 1.33 bits per heavy atom. The zero-order valence-corrected chi connectivity index (χ0v) is 12.5. The number of halogens is 1. The molecule has 18 heavy (non-hydrogen) atoms. The Kier molecular flexibility index (Phi) is 3.04. The molecule has 1 N–H and O–H groups in total. The second kappa shape index (κ2) is 4.44. The summed E-state index contributed by atoms with van der Waals surface area (Å²) in [5, 5.41) is 10.6. The van der Waals surface area contributed by atoms with Crippen LogP contribution < -0.4 is 0 Å². The predicted octanol–water partition coefficient (Wildman–Crippen LogP) is 3.90. The highest BCUT2D eigenvalue weighted by Crippen LogP contribution is 2.51. The van der Waals surface area contributed by atoms with Crippen LogP contribution in [0.25, 0.3) is 10.6 Å². The molecule has 0 spiro atoms. The number of aryl methyl sites for hydroxylation is 1. The van der Waals surface area contributed by atoms with Gasteiger partial charge in [0.2, 0.25) is 0 Å². The Morgan fingerprint density at radius 2 is 2.00 bits per heavy atom. The zero-order chi connectivity index (χ0) is 12.8. The van der Waals surface area contributed by atoms with Gasteiger partial charge >= 0.3 is 0 Å². The molecule has 4 heteroatoms.